The number of carboxylic acid groups (broad SMARTS) is 1. The summed E-state index contributed by atoms with van der Waals surface area (Å²) in [6.45, 7) is 2.63. The highest BCUT2D eigenvalue weighted by molar-refractivity contribution is 9.10. The van der Waals surface area contributed by atoms with Crippen molar-refractivity contribution in [2.75, 3.05) is 5.32 Å². The molecular formula is C13H14BrN3O2. The maximum absolute atomic E-state index is 11.4. The maximum Gasteiger partial charge on any atom is 0.332 e. The number of nitrogens with one attached hydrogen (secondary N) is 1. The molecule has 2 aromatic rings. The van der Waals surface area contributed by atoms with Crippen LogP contribution in [0.1, 0.15) is 18.7 Å². The zero-order valence-electron chi connectivity index (χ0n) is 10.4. The Morgan fingerprint density at radius 3 is 3.00 bits per heavy atom. The summed E-state index contributed by atoms with van der Waals surface area (Å²) in [7, 11) is 0. The van der Waals surface area contributed by atoms with Gasteiger partial charge in [0, 0.05) is 16.7 Å². The Morgan fingerprint density at radius 1 is 1.58 bits per heavy atom. The molecule has 0 fully saturated rings. The first-order valence-corrected chi connectivity index (χ1v) is 6.66. The first-order valence-electron chi connectivity index (χ1n) is 5.86. The standard InChI is InChI=1S/C13H14BrN3O2/c1-2-17-8-15-7-11(17)12(13(18)19)16-10-5-3-4-9(14)6-10/h3-8,12,16H,2H2,1H3,(H,18,19). The maximum atomic E-state index is 11.4. The van der Waals surface area contributed by atoms with E-state index in [1.807, 2.05) is 35.8 Å². The minimum atomic E-state index is -0.935. The van der Waals surface area contributed by atoms with Crippen molar-refractivity contribution >= 4 is 27.6 Å². The second-order valence-corrected chi connectivity index (χ2v) is 4.95. The molecule has 0 radical (unpaired) electrons. The third-order valence-corrected chi connectivity index (χ3v) is 3.26. The lowest BCUT2D eigenvalue weighted by molar-refractivity contribution is -0.138. The Morgan fingerprint density at radius 2 is 2.37 bits per heavy atom. The number of rotatable bonds is 5. The van der Waals surface area contributed by atoms with Crippen molar-refractivity contribution in [2.45, 2.75) is 19.5 Å². The van der Waals surface area contributed by atoms with E-state index < -0.39 is 12.0 Å². The van der Waals surface area contributed by atoms with Crippen molar-refractivity contribution < 1.29 is 9.90 Å². The number of aryl methyl sites for hydroxylation is 1. The van der Waals surface area contributed by atoms with Gasteiger partial charge in [0.2, 0.25) is 0 Å². The van der Waals surface area contributed by atoms with Crippen molar-refractivity contribution in [1.82, 2.24) is 9.55 Å². The third kappa shape index (κ3) is 3.14. The average molecular weight is 324 g/mol. The van der Waals surface area contributed by atoms with Crippen LogP contribution in [0.15, 0.2) is 41.3 Å². The number of aliphatic carboxylic acids is 1. The number of anilines is 1. The van der Waals surface area contributed by atoms with E-state index >= 15 is 0 Å². The highest BCUT2D eigenvalue weighted by atomic mass is 79.9. The van der Waals surface area contributed by atoms with Crippen molar-refractivity contribution in [3.63, 3.8) is 0 Å². The Hall–Kier alpha value is -1.82. The van der Waals surface area contributed by atoms with Crippen molar-refractivity contribution in [3.05, 3.63) is 47.0 Å². The second kappa shape index (κ2) is 5.88. The predicted octanol–water partition coefficient (Wildman–Crippen LogP) is 2.90. The van der Waals surface area contributed by atoms with Crippen LogP contribution in [0.3, 0.4) is 0 Å². The van der Waals surface area contributed by atoms with Crippen LogP contribution in [0.4, 0.5) is 5.69 Å². The van der Waals surface area contributed by atoms with Crippen LogP contribution in [0.5, 0.6) is 0 Å². The Balaban J connectivity index is 2.29. The number of hydrogen-bond donors (Lipinski definition) is 2. The molecule has 19 heavy (non-hydrogen) atoms. The third-order valence-electron chi connectivity index (χ3n) is 2.76. The molecule has 1 aromatic heterocycles. The summed E-state index contributed by atoms with van der Waals surface area (Å²) in [6.07, 6.45) is 3.21. The fourth-order valence-corrected chi connectivity index (χ4v) is 2.24. The topological polar surface area (TPSA) is 67.2 Å². The fraction of sp³-hybridized carbons (Fsp3) is 0.231. The van der Waals surface area contributed by atoms with Gasteiger partial charge in [0.25, 0.3) is 0 Å². The van der Waals surface area contributed by atoms with E-state index in [1.165, 1.54) is 0 Å². The normalized spacial score (nSPS) is 12.1. The highest BCUT2D eigenvalue weighted by Crippen LogP contribution is 2.22. The molecule has 0 saturated heterocycles. The molecule has 6 heteroatoms. The number of carbonyl (C=O) groups is 1. The molecule has 5 nitrogen and oxygen atoms in total. The first-order chi connectivity index (χ1) is 9.11. The van der Waals surface area contributed by atoms with Gasteiger partial charge in [0.1, 0.15) is 0 Å². The molecule has 0 aliphatic rings. The van der Waals surface area contributed by atoms with E-state index in [9.17, 15) is 9.90 Å². The van der Waals surface area contributed by atoms with Crippen molar-refractivity contribution in [3.8, 4) is 0 Å². The van der Waals surface area contributed by atoms with E-state index in [0.717, 1.165) is 10.2 Å². The zero-order chi connectivity index (χ0) is 13.8. The molecule has 0 saturated carbocycles. The van der Waals surface area contributed by atoms with Gasteiger partial charge in [-0.15, -0.1) is 0 Å². The van der Waals surface area contributed by atoms with E-state index in [1.54, 1.807) is 12.5 Å². The molecule has 0 amide bonds. The minimum Gasteiger partial charge on any atom is -0.479 e. The number of hydrogen-bond acceptors (Lipinski definition) is 3. The summed E-state index contributed by atoms with van der Waals surface area (Å²) >= 11 is 3.36. The average Bonchev–Trinajstić information content (AvgIpc) is 2.83. The first kappa shape index (κ1) is 13.6. The number of halogens is 1. The number of carboxylic acids is 1. The lowest BCUT2D eigenvalue weighted by Crippen LogP contribution is -2.23. The fourth-order valence-electron chi connectivity index (χ4n) is 1.84. The van der Waals surface area contributed by atoms with Gasteiger partial charge in [-0.2, -0.15) is 0 Å². The second-order valence-electron chi connectivity index (χ2n) is 4.03. The quantitative estimate of drug-likeness (QED) is 0.887. The summed E-state index contributed by atoms with van der Waals surface area (Å²) in [4.78, 5) is 15.4. The van der Waals surface area contributed by atoms with Gasteiger partial charge < -0.3 is 15.0 Å². The van der Waals surface area contributed by atoms with Crippen molar-refractivity contribution in [1.29, 1.82) is 0 Å². The van der Waals surface area contributed by atoms with Gasteiger partial charge in [-0.25, -0.2) is 9.78 Å². The molecule has 1 aromatic carbocycles. The Bertz CT molecular complexity index is 583. The molecular weight excluding hydrogens is 310 g/mol. The smallest absolute Gasteiger partial charge is 0.332 e. The van der Waals surface area contributed by atoms with Crippen LogP contribution in [0.2, 0.25) is 0 Å². The Kier molecular flexibility index (Phi) is 4.21. The minimum absolute atomic E-state index is 0.634. The zero-order valence-corrected chi connectivity index (χ0v) is 12.0. The molecule has 2 rings (SSSR count). The summed E-state index contributed by atoms with van der Waals surface area (Å²) < 4.78 is 2.70. The van der Waals surface area contributed by atoms with Crippen LogP contribution in [0.25, 0.3) is 0 Å². The van der Waals surface area contributed by atoms with Gasteiger partial charge in [0.05, 0.1) is 18.2 Å². The SMILES string of the molecule is CCn1cncc1C(Nc1cccc(Br)c1)C(=O)O. The molecule has 1 unspecified atom stereocenters. The van der Waals surface area contributed by atoms with E-state index in [-0.39, 0.29) is 0 Å². The van der Waals surface area contributed by atoms with Gasteiger partial charge in [0.15, 0.2) is 6.04 Å². The van der Waals surface area contributed by atoms with Crippen LogP contribution in [-0.2, 0) is 11.3 Å². The predicted molar refractivity (Wildman–Crippen MR) is 76.0 cm³/mol. The number of nitrogens with zero attached hydrogens (tertiary/aromatic N) is 2. The molecule has 1 heterocycles. The van der Waals surface area contributed by atoms with Gasteiger partial charge >= 0.3 is 5.97 Å². The van der Waals surface area contributed by atoms with E-state index in [2.05, 4.69) is 26.2 Å². The molecule has 0 aliphatic heterocycles. The number of imidazole rings is 1. The molecule has 0 spiro atoms. The lowest BCUT2D eigenvalue weighted by atomic mass is 10.2. The van der Waals surface area contributed by atoms with Crippen LogP contribution >= 0.6 is 15.9 Å². The summed E-state index contributed by atoms with van der Waals surface area (Å²) in [5, 5.41) is 12.4. The van der Waals surface area contributed by atoms with Gasteiger partial charge in [-0.3, -0.25) is 0 Å². The van der Waals surface area contributed by atoms with Gasteiger partial charge in [-0.1, -0.05) is 22.0 Å². The van der Waals surface area contributed by atoms with Gasteiger partial charge in [-0.05, 0) is 25.1 Å². The molecule has 0 bridgehead atoms. The molecule has 0 aliphatic carbocycles. The molecule has 2 N–H and O–H groups in total. The molecule has 100 valence electrons. The largest absolute Gasteiger partial charge is 0.479 e. The summed E-state index contributed by atoms with van der Waals surface area (Å²) in [6, 6.07) is 6.58. The van der Waals surface area contributed by atoms with Crippen LogP contribution in [-0.4, -0.2) is 20.6 Å². The number of aromatic nitrogens is 2. The molecule has 1 atom stereocenters. The summed E-state index contributed by atoms with van der Waals surface area (Å²) in [5.41, 5.74) is 1.38. The van der Waals surface area contributed by atoms with E-state index in [4.69, 9.17) is 0 Å². The van der Waals surface area contributed by atoms with E-state index in [0.29, 0.717) is 12.2 Å². The summed E-state index contributed by atoms with van der Waals surface area (Å²) in [5.74, 6) is -0.935. The lowest BCUT2D eigenvalue weighted by Gasteiger charge is -2.17. The van der Waals surface area contributed by atoms with Crippen molar-refractivity contribution in [2.24, 2.45) is 0 Å². The monoisotopic (exact) mass is 323 g/mol. The van der Waals surface area contributed by atoms with Crippen LogP contribution in [0, 0.1) is 0 Å². The highest BCUT2D eigenvalue weighted by Gasteiger charge is 2.23. The number of benzene rings is 1. The van der Waals surface area contributed by atoms with Crippen LogP contribution < -0.4 is 5.32 Å². The Labute approximate surface area is 119 Å².